The lowest BCUT2D eigenvalue weighted by atomic mass is 10.5. The van der Waals surface area contributed by atoms with Crippen molar-refractivity contribution in [1.29, 1.82) is 0 Å². The Kier molecular flexibility index (Phi) is 6.44. The molecule has 0 aromatic heterocycles. The Morgan fingerprint density at radius 1 is 1.27 bits per heavy atom. The van der Waals surface area contributed by atoms with E-state index in [1.54, 1.807) is 6.92 Å². The zero-order valence-corrected chi connectivity index (χ0v) is 9.55. The predicted octanol–water partition coefficient (Wildman–Crippen LogP) is 1.23. The molecule has 15 heavy (non-hydrogen) atoms. The number of carbonyl (C=O) groups excluding carboxylic acids is 3. The maximum Gasteiger partial charge on any atom is 0.374 e. The van der Waals surface area contributed by atoms with Crippen LogP contribution >= 0.6 is 11.8 Å². The van der Waals surface area contributed by atoms with Crippen LogP contribution in [0, 0.1) is 0 Å². The molecule has 5 nitrogen and oxygen atoms in total. The Bertz CT molecular complexity index is 295. The molecular weight excluding hydrogens is 220 g/mol. The smallest absolute Gasteiger partial charge is 0.374 e. The van der Waals surface area contributed by atoms with Crippen molar-refractivity contribution >= 4 is 28.8 Å². The lowest BCUT2D eigenvalue weighted by Crippen LogP contribution is -2.12. The summed E-state index contributed by atoms with van der Waals surface area (Å²) < 4.78 is 9.22. The molecule has 0 aromatic rings. The van der Waals surface area contributed by atoms with Crippen LogP contribution in [0.5, 0.6) is 0 Å². The number of carbonyl (C=O) groups is 3. The van der Waals surface area contributed by atoms with Crippen LogP contribution in [-0.2, 0) is 23.9 Å². The van der Waals surface area contributed by atoms with Gasteiger partial charge in [0, 0.05) is 19.3 Å². The third kappa shape index (κ3) is 6.73. The van der Waals surface area contributed by atoms with Gasteiger partial charge in [-0.3, -0.25) is 9.59 Å². The Labute approximate surface area is 91.8 Å². The summed E-state index contributed by atoms with van der Waals surface area (Å²) in [5, 5.41) is 0.936. The standard InChI is InChI=1S/C9H12O5S/c1-4-13-9(12)8(14-6(2)10)5-15-7(3)11/h5H,4H2,1-3H3/b8-5+. The monoisotopic (exact) mass is 232 g/mol. The molecule has 0 aliphatic carbocycles. The van der Waals surface area contributed by atoms with Crippen molar-refractivity contribution in [3.63, 3.8) is 0 Å². The third-order valence-electron chi connectivity index (χ3n) is 1.06. The summed E-state index contributed by atoms with van der Waals surface area (Å²) in [4.78, 5) is 32.5. The van der Waals surface area contributed by atoms with Crippen LogP contribution in [0.3, 0.4) is 0 Å². The first-order chi connectivity index (χ1) is 6.97. The fourth-order valence-corrected chi connectivity index (χ4v) is 1.02. The molecular formula is C9H12O5S. The highest BCUT2D eigenvalue weighted by Gasteiger charge is 2.14. The highest BCUT2D eigenvalue weighted by Crippen LogP contribution is 2.11. The molecule has 0 heterocycles. The zero-order chi connectivity index (χ0) is 11.8. The Balaban J connectivity index is 4.56. The van der Waals surface area contributed by atoms with Crippen LogP contribution in [0.25, 0.3) is 0 Å². The van der Waals surface area contributed by atoms with Gasteiger partial charge in [-0.2, -0.15) is 0 Å². The zero-order valence-electron chi connectivity index (χ0n) is 8.73. The van der Waals surface area contributed by atoms with Crippen LogP contribution in [0.4, 0.5) is 0 Å². The molecule has 0 aliphatic rings. The fraction of sp³-hybridized carbons (Fsp3) is 0.444. The van der Waals surface area contributed by atoms with Gasteiger partial charge in [0.15, 0.2) is 5.12 Å². The average Bonchev–Trinajstić information content (AvgIpc) is 2.11. The number of thioether (sulfide) groups is 1. The summed E-state index contributed by atoms with van der Waals surface area (Å²) in [6.45, 7) is 4.28. The number of hydrogen-bond acceptors (Lipinski definition) is 6. The van der Waals surface area contributed by atoms with E-state index < -0.39 is 11.9 Å². The molecule has 6 heteroatoms. The second-order valence-electron chi connectivity index (χ2n) is 2.41. The number of esters is 2. The van der Waals surface area contributed by atoms with Gasteiger partial charge < -0.3 is 9.47 Å². The molecule has 0 saturated carbocycles. The minimum atomic E-state index is -0.763. The van der Waals surface area contributed by atoms with E-state index in [1.165, 1.54) is 6.92 Å². The molecule has 0 amide bonds. The molecule has 0 bridgehead atoms. The van der Waals surface area contributed by atoms with Crippen LogP contribution in [0.1, 0.15) is 20.8 Å². The van der Waals surface area contributed by atoms with Crippen molar-refractivity contribution in [2.75, 3.05) is 6.61 Å². The number of rotatable bonds is 4. The highest BCUT2D eigenvalue weighted by atomic mass is 32.2. The number of hydrogen-bond donors (Lipinski definition) is 0. The molecule has 0 saturated heterocycles. The van der Waals surface area contributed by atoms with Crippen molar-refractivity contribution in [2.24, 2.45) is 0 Å². The summed E-state index contributed by atoms with van der Waals surface area (Å²) >= 11 is 0.757. The van der Waals surface area contributed by atoms with Crippen molar-refractivity contribution in [1.82, 2.24) is 0 Å². The quantitative estimate of drug-likeness (QED) is 0.412. The average molecular weight is 232 g/mol. The van der Waals surface area contributed by atoms with E-state index in [4.69, 9.17) is 0 Å². The summed E-state index contributed by atoms with van der Waals surface area (Å²) in [5.41, 5.74) is 0. The van der Waals surface area contributed by atoms with Crippen LogP contribution in [0.15, 0.2) is 11.2 Å². The molecule has 0 N–H and O–H groups in total. The summed E-state index contributed by atoms with van der Waals surface area (Å²) in [6.07, 6.45) is 0. The van der Waals surface area contributed by atoms with Gasteiger partial charge in [0.2, 0.25) is 5.76 Å². The van der Waals surface area contributed by atoms with Gasteiger partial charge >= 0.3 is 11.9 Å². The minimum absolute atomic E-state index is 0.169. The van der Waals surface area contributed by atoms with E-state index in [-0.39, 0.29) is 17.5 Å². The van der Waals surface area contributed by atoms with Crippen LogP contribution in [-0.4, -0.2) is 23.7 Å². The topological polar surface area (TPSA) is 69.7 Å². The van der Waals surface area contributed by atoms with Gasteiger partial charge in [-0.1, -0.05) is 11.8 Å². The Morgan fingerprint density at radius 2 is 1.87 bits per heavy atom. The van der Waals surface area contributed by atoms with Crippen molar-refractivity contribution in [3.05, 3.63) is 11.2 Å². The molecule has 0 fully saturated rings. The molecule has 0 rings (SSSR count). The van der Waals surface area contributed by atoms with E-state index >= 15 is 0 Å². The van der Waals surface area contributed by atoms with E-state index in [1.807, 2.05) is 0 Å². The minimum Gasteiger partial charge on any atom is -0.460 e. The van der Waals surface area contributed by atoms with E-state index in [2.05, 4.69) is 9.47 Å². The lowest BCUT2D eigenvalue weighted by molar-refractivity contribution is -0.149. The van der Waals surface area contributed by atoms with Gasteiger partial charge in [-0.25, -0.2) is 4.79 Å². The third-order valence-corrected chi connectivity index (χ3v) is 1.73. The number of ether oxygens (including phenoxy) is 2. The molecule has 0 radical (unpaired) electrons. The SMILES string of the molecule is CCOC(=O)/C(=C\SC(C)=O)OC(C)=O. The Morgan fingerprint density at radius 3 is 2.27 bits per heavy atom. The fourth-order valence-electron chi connectivity index (χ4n) is 0.607. The van der Waals surface area contributed by atoms with Gasteiger partial charge in [-0.05, 0) is 6.92 Å². The summed E-state index contributed by atoms with van der Waals surface area (Å²) in [6, 6.07) is 0. The summed E-state index contributed by atoms with van der Waals surface area (Å²) in [5.74, 6) is -1.68. The predicted molar refractivity (Wildman–Crippen MR) is 54.8 cm³/mol. The van der Waals surface area contributed by atoms with Crippen LogP contribution < -0.4 is 0 Å². The van der Waals surface area contributed by atoms with E-state index in [9.17, 15) is 14.4 Å². The lowest BCUT2D eigenvalue weighted by Gasteiger charge is -2.05. The van der Waals surface area contributed by atoms with Crippen molar-refractivity contribution in [3.8, 4) is 0 Å². The molecule has 0 atom stereocenters. The molecule has 0 unspecified atom stereocenters. The van der Waals surface area contributed by atoms with Crippen LogP contribution in [0.2, 0.25) is 0 Å². The second kappa shape index (κ2) is 7.05. The molecule has 0 spiro atoms. The maximum atomic E-state index is 11.2. The van der Waals surface area contributed by atoms with Gasteiger partial charge in [0.1, 0.15) is 0 Å². The summed E-state index contributed by atoms with van der Waals surface area (Å²) in [7, 11) is 0. The molecule has 0 aliphatic heterocycles. The van der Waals surface area contributed by atoms with Crippen molar-refractivity contribution in [2.45, 2.75) is 20.8 Å². The Hall–Kier alpha value is -1.30. The second-order valence-corrected chi connectivity index (χ2v) is 3.45. The first-order valence-corrected chi connectivity index (χ1v) is 5.08. The molecule has 84 valence electrons. The first-order valence-electron chi connectivity index (χ1n) is 4.20. The van der Waals surface area contributed by atoms with Gasteiger partial charge in [-0.15, -0.1) is 0 Å². The van der Waals surface area contributed by atoms with Gasteiger partial charge in [0.05, 0.1) is 6.61 Å². The maximum absolute atomic E-state index is 11.2. The largest absolute Gasteiger partial charge is 0.460 e. The van der Waals surface area contributed by atoms with Crippen molar-refractivity contribution < 1.29 is 23.9 Å². The molecule has 0 aromatic carbocycles. The van der Waals surface area contributed by atoms with E-state index in [0.29, 0.717) is 0 Å². The normalized spacial score (nSPS) is 10.7. The van der Waals surface area contributed by atoms with E-state index in [0.717, 1.165) is 24.1 Å². The highest BCUT2D eigenvalue weighted by molar-refractivity contribution is 8.16. The van der Waals surface area contributed by atoms with Gasteiger partial charge in [0.25, 0.3) is 0 Å². The first kappa shape index (κ1) is 13.7.